The Morgan fingerprint density at radius 2 is 1.69 bits per heavy atom. The van der Waals surface area contributed by atoms with Crippen LogP contribution in [0.15, 0.2) is 48.1 Å². The number of anilines is 3. The largest absolute Gasteiger partial charge is 0.353 e. The van der Waals surface area contributed by atoms with E-state index >= 15 is 0 Å². The molecule has 11 heteroatoms. The van der Waals surface area contributed by atoms with Crippen LogP contribution in [0.3, 0.4) is 0 Å². The Labute approximate surface area is 208 Å². The maximum absolute atomic E-state index is 13.0. The van der Waals surface area contributed by atoms with Crippen molar-refractivity contribution in [3.63, 3.8) is 0 Å². The zero-order chi connectivity index (χ0) is 25.4. The monoisotopic (exact) mass is 485 g/mol. The number of carbonyl (C=O) groups excluding carboxylic acids is 2. The zero-order valence-corrected chi connectivity index (χ0v) is 20.5. The van der Waals surface area contributed by atoms with E-state index in [-0.39, 0.29) is 30.1 Å². The summed E-state index contributed by atoms with van der Waals surface area (Å²) in [6.45, 7) is 4.27. The van der Waals surface area contributed by atoms with Gasteiger partial charge in [0.05, 0.1) is 11.4 Å². The van der Waals surface area contributed by atoms with E-state index in [1.165, 1.54) is 6.33 Å². The van der Waals surface area contributed by atoms with Crippen LogP contribution in [0.2, 0.25) is 0 Å². The van der Waals surface area contributed by atoms with Crippen molar-refractivity contribution in [2.24, 2.45) is 0 Å². The van der Waals surface area contributed by atoms with Crippen molar-refractivity contribution < 1.29 is 9.59 Å². The fourth-order valence-corrected chi connectivity index (χ4v) is 4.88. The van der Waals surface area contributed by atoms with Gasteiger partial charge < -0.3 is 19.6 Å². The van der Waals surface area contributed by atoms with Gasteiger partial charge in [-0.3, -0.25) is 9.59 Å². The van der Waals surface area contributed by atoms with Crippen LogP contribution in [-0.2, 0) is 9.59 Å². The van der Waals surface area contributed by atoms with Gasteiger partial charge in [0, 0.05) is 64.9 Å². The van der Waals surface area contributed by atoms with Gasteiger partial charge in [-0.25, -0.2) is 4.98 Å². The second kappa shape index (κ2) is 9.30. The second-order valence-corrected chi connectivity index (χ2v) is 8.94. The molecule has 2 aromatic heterocycles. The van der Waals surface area contributed by atoms with Crippen LogP contribution in [0, 0.1) is 18.3 Å². The van der Waals surface area contributed by atoms with E-state index in [1.54, 1.807) is 9.42 Å². The summed E-state index contributed by atoms with van der Waals surface area (Å²) in [7, 11) is 3.68. The molecule has 0 bridgehead atoms. The second-order valence-electron chi connectivity index (χ2n) is 8.94. The molecule has 1 aromatic carbocycles. The van der Waals surface area contributed by atoms with E-state index in [0.29, 0.717) is 37.8 Å². The lowest BCUT2D eigenvalue weighted by Gasteiger charge is -2.36. The summed E-state index contributed by atoms with van der Waals surface area (Å²) in [6, 6.07) is 11.8. The Morgan fingerprint density at radius 1 is 1.03 bits per heavy atom. The number of fused-ring (bicyclic) bond motifs is 2. The predicted molar refractivity (Wildman–Crippen MR) is 134 cm³/mol. The van der Waals surface area contributed by atoms with Gasteiger partial charge in [-0.1, -0.05) is 12.1 Å². The van der Waals surface area contributed by atoms with E-state index in [0.717, 1.165) is 22.9 Å². The van der Waals surface area contributed by atoms with Crippen molar-refractivity contribution in [3.8, 4) is 6.07 Å². The number of piperazine rings is 1. The predicted octanol–water partition coefficient (Wildman–Crippen LogP) is 1.75. The average Bonchev–Trinajstić information content (AvgIpc) is 3.46. The number of rotatable bonds is 5. The Hall–Kier alpha value is -4.46. The molecule has 5 rings (SSSR count). The van der Waals surface area contributed by atoms with E-state index < -0.39 is 0 Å². The van der Waals surface area contributed by atoms with Crippen LogP contribution in [-0.4, -0.2) is 76.4 Å². The highest BCUT2D eigenvalue weighted by Gasteiger charge is 2.31. The van der Waals surface area contributed by atoms with Gasteiger partial charge in [-0.15, -0.1) is 0 Å². The van der Waals surface area contributed by atoms with Crippen molar-refractivity contribution in [3.05, 3.63) is 53.7 Å². The SMILES string of the molecule is Cc1cc(N2CCN(C(=O)CCC(=O)C(C#N)=C3N(C)c4ccccc4N3C)CC2)n2ncnc2n1. The topological polar surface area (TPSA) is 114 Å². The summed E-state index contributed by atoms with van der Waals surface area (Å²) in [5.41, 5.74) is 2.78. The first-order valence-electron chi connectivity index (χ1n) is 11.8. The van der Waals surface area contributed by atoms with Gasteiger partial charge in [0.2, 0.25) is 5.91 Å². The third-order valence-electron chi connectivity index (χ3n) is 6.74. The third-order valence-corrected chi connectivity index (χ3v) is 6.74. The van der Waals surface area contributed by atoms with Crippen LogP contribution < -0.4 is 14.7 Å². The van der Waals surface area contributed by atoms with Gasteiger partial charge in [-0.2, -0.15) is 19.9 Å². The molecule has 2 aliphatic rings. The van der Waals surface area contributed by atoms with E-state index in [1.807, 2.05) is 61.2 Å². The zero-order valence-electron chi connectivity index (χ0n) is 20.5. The number of allylic oxidation sites excluding steroid dienone is 1. The van der Waals surface area contributed by atoms with Gasteiger partial charge in [0.15, 0.2) is 5.78 Å². The van der Waals surface area contributed by atoms with Crippen molar-refractivity contribution in [1.29, 1.82) is 5.26 Å². The summed E-state index contributed by atoms with van der Waals surface area (Å²) >= 11 is 0. The molecular formula is C25H27N9O2. The van der Waals surface area contributed by atoms with Crippen molar-refractivity contribution >= 4 is 34.7 Å². The number of hydrogen-bond acceptors (Lipinski definition) is 9. The lowest BCUT2D eigenvalue weighted by Crippen LogP contribution is -2.49. The highest BCUT2D eigenvalue weighted by Crippen LogP contribution is 2.40. The standard InChI is InChI=1S/C25H27N9O2/c1-17-14-22(34-25(29-17)27-16-28-34)32-10-12-33(13-11-32)23(36)9-8-21(35)18(15-26)24-30(2)19-6-4-5-7-20(19)31(24)3/h4-7,14,16H,8-13H2,1-3H3. The molecule has 0 spiro atoms. The maximum atomic E-state index is 13.0. The van der Waals surface area contributed by atoms with Crippen molar-refractivity contribution in [1.82, 2.24) is 24.5 Å². The van der Waals surface area contributed by atoms with Gasteiger partial charge >= 0.3 is 0 Å². The molecule has 0 radical (unpaired) electrons. The summed E-state index contributed by atoms with van der Waals surface area (Å²) in [5, 5.41) is 14.1. The first-order valence-corrected chi connectivity index (χ1v) is 11.8. The number of nitriles is 1. The minimum Gasteiger partial charge on any atom is -0.353 e. The van der Waals surface area contributed by atoms with Crippen LogP contribution in [0.5, 0.6) is 0 Å². The highest BCUT2D eigenvalue weighted by molar-refractivity contribution is 6.03. The molecule has 0 N–H and O–H groups in total. The fourth-order valence-electron chi connectivity index (χ4n) is 4.88. The summed E-state index contributed by atoms with van der Waals surface area (Å²) in [6.07, 6.45) is 1.54. The molecule has 1 amide bonds. The number of Topliss-reactive ketones (excluding diaryl/α,β-unsaturated/α-hetero) is 1. The number of ketones is 1. The van der Waals surface area contributed by atoms with E-state index in [4.69, 9.17) is 0 Å². The van der Waals surface area contributed by atoms with Gasteiger partial charge in [0.25, 0.3) is 5.78 Å². The number of aromatic nitrogens is 4. The highest BCUT2D eigenvalue weighted by atomic mass is 16.2. The number of amides is 1. The van der Waals surface area contributed by atoms with Crippen LogP contribution in [0.4, 0.5) is 17.2 Å². The smallest absolute Gasteiger partial charge is 0.254 e. The lowest BCUT2D eigenvalue weighted by molar-refractivity contribution is -0.133. The molecule has 0 atom stereocenters. The molecule has 3 aromatic rings. The number of para-hydroxylation sites is 2. The summed E-state index contributed by atoms with van der Waals surface area (Å²) in [5.74, 6) is 1.57. The van der Waals surface area contributed by atoms with Crippen LogP contribution >= 0.6 is 0 Å². The molecule has 0 unspecified atom stereocenters. The maximum Gasteiger partial charge on any atom is 0.254 e. The molecule has 184 valence electrons. The molecule has 1 fully saturated rings. The Kier molecular flexibility index (Phi) is 6.01. The third kappa shape index (κ3) is 4.00. The van der Waals surface area contributed by atoms with Gasteiger partial charge in [0.1, 0.15) is 29.6 Å². The number of carbonyl (C=O) groups is 2. The number of benzene rings is 1. The minimum atomic E-state index is -0.327. The first kappa shape index (κ1) is 23.3. The van der Waals surface area contributed by atoms with Crippen LogP contribution in [0.25, 0.3) is 5.78 Å². The molecule has 11 nitrogen and oxygen atoms in total. The molecular weight excluding hydrogens is 458 g/mol. The van der Waals surface area contributed by atoms with E-state index in [2.05, 4.69) is 26.0 Å². The number of aryl methyl sites for hydroxylation is 1. The molecule has 4 heterocycles. The lowest BCUT2D eigenvalue weighted by atomic mass is 10.1. The molecule has 1 saturated heterocycles. The fraction of sp³-hybridized carbons (Fsp3) is 0.360. The summed E-state index contributed by atoms with van der Waals surface area (Å²) < 4.78 is 1.70. The summed E-state index contributed by atoms with van der Waals surface area (Å²) in [4.78, 5) is 42.1. The van der Waals surface area contributed by atoms with Crippen molar-refractivity contribution in [2.45, 2.75) is 19.8 Å². The quantitative estimate of drug-likeness (QED) is 0.394. The number of nitrogens with zero attached hydrogens (tertiary/aromatic N) is 9. The van der Waals surface area contributed by atoms with Crippen LogP contribution in [0.1, 0.15) is 18.5 Å². The van der Waals surface area contributed by atoms with E-state index in [9.17, 15) is 14.9 Å². The molecule has 0 aliphatic carbocycles. The molecule has 36 heavy (non-hydrogen) atoms. The van der Waals surface area contributed by atoms with Crippen molar-refractivity contribution in [2.75, 3.05) is 55.0 Å². The van der Waals surface area contributed by atoms with Gasteiger partial charge in [-0.05, 0) is 19.1 Å². The molecule has 0 saturated carbocycles. The molecule has 2 aliphatic heterocycles. The Bertz CT molecular complexity index is 1380. The minimum absolute atomic E-state index is 0.00735. The Morgan fingerprint density at radius 3 is 2.33 bits per heavy atom. The number of hydrogen-bond donors (Lipinski definition) is 0. The normalized spacial score (nSPS) is 15.3. The average molecular weight is 486 g/mol. The first-order chi connectivity index (χ1) is 17.4. The Balaban J connectivity index is 1.21.